The van der Waals surface area contributed by atoms with E-state index in [1.807, 2.05) is 19.2 Å². The average molecular weight is 351 g/mol. The van der Waals surface area contributed by atoms with Crippen molar-refractivity contribution < 1.29 is 4.79 Å². The van der Waals surface area contributed by atoms with Gasteiger partial charge in [0, 0.05) is 43.6 Å². The Kier molecular flexibility index (Phi) is 6.64. The average Bonchev–Trinajstić information content (AvgIpc) is 2.68. The third-order valence-electron chi connectivity index (χ3n) is 5.16. The molecule has 1 aromatic heterocycles. The van der Waals surface area contributed by atoms with Crippen LogP contribution >= 0.6 is 0 Å². The number of rotatable bonds is 7. The van der Waals surface area contributed by atoms with Crippen molar-refractivity contribution in [2.24, 2.45) is 5.92 Å². The first kappa shape index (κ1) is 18.4. The number of carbonyl (C=O) groups excluding carboxylic acids is 1. The van der Waals surface area contributed by atoms with E-state index in [-0.39, 0.29) is 5.91 Å². The predicted molar refractivity (Wildman–Crippen MR) is 106 cm³/mol. The first-order valence-corrected chi connectivity index (χ1v) is 9.69. The summed E-state index contributed by atoms with van der Waals surface area (Å²) in [6.45, 7) is 4.95. The number of amides is 1. The van der Waals surface area contributed by atoms with E-state index in [2.05, 4.69) is 51.6 Å². The Morgan fingerprint density at radius 1 is 1.19 bits per heavy atom. The molecule has 1 saturated heterocycles. The summed E-state index contributed by atoms with van der Waals surface area (Å²) in [5.74, 6) is 0.778. The number of anilines is 1. The molecule has 1 aliphatic rings. The minimum Gasteiger partial charge on any atom is -0.371 e. The monoisotopic (exact) mass is 351 g/mol. The van der Waals surface area contributed by atoms with Crippen LogP contribution in [0.4, 0.5) is 5.69 Å². The van der Waals surface area contributed by atoms with Gasteiger partial charge >= 0.3 is 0 Å². The highest BCUT2D eigenvalue weighted by Crippen LogP contribution is 2.23. The van der Waals surface area contributed by atoms with Crippen molar-refractivity contribution >= 4 is 11.6 Å². The van der Waals surface area contributed by atoms with Gasteiger partial charge in [0.25, 0.3) is 0 Å². The maximum Gasteiger partial charge on any atom is 0.220 e. The van der Waals surface area contributed by atoms with Gasteiger partial charge in [-0.1, -0.05) is 30.3 Å². The molecular formula is C22H29N3O. The molecule has 0 spiro atoms. The van der Waals surface area contributed by atoms with Crippen LogP contribution < -0.4 is 10.2 Å². The third-order valence-corrected chi connectivity index (χ3v) is 5.16. The van der Waals surface area contributed by atoms with Gasteiger partial charge in [0.15, 0.2) is 0 Å². The minimum absolute atomic E-state index is 0.188. The normalized spacial score (nSPS) is 15.0. The molecule has 2 aromatic rings. The van der Waals surface area contributed by atoms with E-state index in [0.29, 0.717) is 12.3 Å². The second-order valence-corrected chi connectivity index (χ2v) is 7.23. The lowest BCUT2D eigenvalue weighted by Gasteiger charge is -2.33. The molecule has 4 heteroatoms. The first-order chi connectivity index (χ1) is 12.7. The number of nitrogens with one attached hydrogen (secondary N) is 1. The van der Waals surface area contributed by atoms with E-state index in [1.165, 1.54) is 11.3 Å². The van der Waals surface area contributed by atoms with Gasteiger partial charge in [0.05, 0.1) is 0 Å². The smallest absolute Gasteiger partial charge is 0.220 e. The van der Waals surface area contributed by atoms with Gasteiger partial charge < -0.3 is 10.2 Å². The molecule has 3 rings (SSSR count). The Bertz CT molecular complexity index is 694. The second kappa shape index (κ2) is 9.37. The van der Waals surface area contributed by atoms with Crippen LogP contribution in [0.2, 0.25) is 0 Å². The lowest BCUT2D eigenvalue weighted by Crippen LogP contribution is -2.38. The molecule has 0 atom stereocenters. The number of carbonyl (C=O) groups is 1. The van der Waals surface area contributed by atoms with Gasteiger partial charge in [-0.3, -0.25) is 9.78 Å². The molecule has 26 heavy (non-hydrogen) atoms. The third kappa shape index (κ3) is 5.58. The van der Waals surface area contributed by atoms with E-state index in [1.54, 1.807) is 0 Å². The molecule has 2 heterocycles. The van der Waals surface area contributed by atoms with Crippen LogP contribution in [0, 0.1) is 12.8 Å². The van der Waals surface area contributed by atoms with E-state index in [9.17, 15) is 4.79 Å². The van der Waals surface area contributed by atoms with Gasteiger partial charge in [0.2, 0.25) is 5.91 Å². The molecule has 1 aromatic carbocycles. The Hall–Kier alpha value is -2.36. The van der Waals surface area contributed by atoms with Gasteiger partial charge in [-0.05, 0) is 56.2 Å². The van der Waals surface area contributed by atoms with Crippen LogP contribution in [0.15, 0.2) is 48.7 Å². The summed E-state index contributed by atoms with van der Waals surface area (Å²) in [7, 11) is 0. The number of hydrogen-bond donors (Lipinski definition) is 1. The summed E-state index contributed by atoms with van der Waals surface area (Å²) in [4.78, 5) is 18.8. The molecular weight excluding hydrogens is 322 g/mol. The van der Waals surface area contributed by atoms with E-state index < -0.39 is 0 Å². The fourth-order valence-corrected chi connectivity index (χ4v) is 3.57. The fourth-order valence-electron chi connectivity index (χ4n) is 3.57. The summed E-state index contributed by atoms with van der Waals surface area (Å²) >= 11 is 0. The largest absolute Gasteiger partial charge is 0.371 e. The van der Waals surface area contributed by atoms with Crippen molar-refractivity contribution in [2.75, 3.05) is 24.5 Å². The van der Waals surface area contributed by atoms with Crippen molar-refractivity contribution in [3.63, 3.8) is 0 Å². The molecule has 1 fully saturated rings. The van der Waals surface area contributed by atoms with E-state index >= 15 is 0 Å². The van der Waals surface area contributed by atoms with Crippen LogP contribution in [-0.4, -0.2) is 30.5 Å². The highest BCUT2D eigenvalue weighted by atomic mass is 16.1. The lowest BCUT2D eigenvalue weighted by atomic mass is 9.96. The Labute approximate surface area is 156 Å². The second-order valence-electron chi connectivity index (χ2n) is 7.23. The Morgan fingerprint density at radius 3 is 2.69 bits per heavy atom. The zero-order chi connectivity index (χ0) is 18.2. The number of benzene rings is 1. The topological polar surface area (TPSA) is 45.2 Å². The number of piperidine rings is 1. The molecule has 0 saturated carbocycles. The lowest BCUT2D eigenvalue weighted by molar-refractivity contribution is -0.121. The Balaban J connectivity index is 1.32. The van der Waals surface area contributed by atoms with Gasteiger partial charge in [0.1, 0.15) is 0 Å². The molecule has 4 nitrogen and oxygen atoms in total. The van der Waals surface area contributed by atoms with Crippen molar-refractivity contribution in [3.8, 4) is 0 Å². The van der Waals surface area contributed by atoms with E-state index in [4.69, 9.17) is 0 Å². The molecule has 0 unspecified atom stereocenters. The first-order valence-electron chi connectivity index (χ1n) is 9.69. The number of hydrogen-bond acceptors (Lipinski definition) is 3. The standard InChI is InChI=1S/C22H29N3O/c1-18-16-21(10-13-23-18)25-14-11-20(12-15-25)17-24-22(26)9-5-8-19-6-3-2-4-7-19/h2-4,6-7,10,13,16,20H,5,8-9,11-12,14-15,17H2,1H3,(H,24,26). The number of pyridine rings is 1. The number of nitrogens with zero attached hydrogens (tertiary/aromatic N) is 2. The fraction of sp³-hybridized carbons (Fsp3) is 0.455. The number of aryl methyl sites for hydroxylation is 2. The molecule has 0 bridgehead atoms. The summed E-state index contributed by atoms with van der Waals surface area (Å²) in [5, 5.41) is 3.13. The van der Waals surface area contributed by atoms with Crippen LogP contribution in [0.3, 0.4) is 0 Å². The molecule has 1 N–H and O–H groups in total. The zero-order valence-corrected chi connectivity index (χ0v) is 15.7. The Morgan fingerprint density at radius 2 is 1.96 bits per heavy atom. The summed E-state index contributed by atoms with van der Waals surface area (Å²) in [6.07, 6.45) is 6.64. The molecule has 0 aliphatic carbocycles. The predicted octanol–water partition coefficient (Wildman–Crippen LogP) is 3.75. The highest BCUT2D eigenvalue weighted by molar-refractivity contribution is 5.75. The van der Waals surface area contributed by atoms with Crippen LogP contribution in [0.25, 0.3) is 0 Å². The highest BCUT2D eigenvalue weighted by Gasteiger charge is 2.20. The molecule has 0 radical (unpaired) electrons. The molecule has 1 amide bonds. The minimum atomic E-state index is 0.188. The van der Waals surface area contributed by atoms with Crippen LogP contribution in [0.1, 0.15) is 36.9 Å². The molecule has 138 valence electrons. The quantitative estimate of drug-likeness (QED) is 0.826. The van der Waals surface area contributed by atoms with Gasteiger partial charge in [-0.2, -0.15) is 0 Å². The van der Waals surface area contributed by atoms with Crippen molar-refractivity contribution in [2.45, 2.75) is 39.0 Å². The maximum absolute atomic E-state index is 12.1. The van der Waals surface area contributed by atoms with Crippen LogP contribution in [0.5, 0.6) is 0 Å². The summed E-state index contributed by atoms with van der Waals surface area (Å²) in [6, 6.07) is 14.6. The maximum atomic E-state index is 12.1. The molecule has 1 aliphatic heterocycles. The SMILES string of the molecule is Cc1cc(N2CCC(CNC(=O)CCCc3ccccc3)CC2)ccn1. The van der Waals surface area contributed by atoms with Crippen molar-refractivity contribution in [1.82, 2.24) is 10.3 Å². The van der Waals surface area contributed by atoms with Crippen molar-refractivity contribution in [3.05, 3.63) is 59.9 Å². The van der Waals surface area contributed by atoms with Crippen LogP contribution in [-0.2, 0) is 11.2 Å². The van der Waals surface area contributed by atoms with Gasteiger partial charge in [-0.25, -0.2) is 0 Å². The van der Waals surface area contributed by atoms with E-state index in [0.717, 1.165) is 51.0 Å². The summed E-state index contributed by atoms with van der Waals surface area (Å²) < 4.78 is 0. The number of aromatic nitrogens is 1. The summed E-state index contributed by atoms with van der Waals surface area (Å²) in [5.41, 5.74) is 3.63. The van der Waals surface area contributed by atoms with Gasteiger partial charge in [-0.15, -0.1) is 0 Å². The van der Waals surface area contributed by atoms with Crippen molar-refractivity contribution in [1.29, 1.82) is 0 Å². The zero-order valence-electron chi connectivity index (χ0n) is 15.7.